The van der Waals surface area contributed by atoms with Crippen LogP contribution in [0.4, 0.5) is 0 Å². The number of hydrogen-bond acceptors (Lipinski definition) is 4. The summed E-state index contributed by atoms with van der Waals surface area (Å²) >= 11 is 5.81. The Morgan fingerprint density at radius 2 is 2.21 bits per heavy atom. The fourth-order valence-electron chi connectivity index (χ4n) is 2.17. The van der Waals surface area contributed by atoms with Gasteiger partial charge in [0.2, 0.25) is 0 Å². The maximum atomic E-state index is 12.1. The molecule has 1 N–H and O–H groups in total. The molecule has 1 aliphatic rings. The van der Waals surface area contributed by atoms with Gasteiger partial charge in [0.05, 0.1) is 28.7 Å². The number of nitrogens with one attached hydrogen (secondary N) is 1. The fraction of sp³-hybridized carbons (Fsp3) is 0.545. The zero-order valence-corrected chi connectivity index (χ0v) is 12.2. The molecule has 19 heavy (non-hydrogen) atoms. The average Bonchev–Trinajstić information content (AvgIpc) is 2.78. The quantitative estimate of drug-likeness (QED) is 0.866. The molecule has 6 nitrogen and oxygen atoms in total. The lowest BCUT2D eigenvalue weighted by Crippen LogP contribution is -2.43. The molecule has 0 saturated carbocycles. The minimum atomic E-state index is -3.16. The van der Waals surface area contributed by atoms with E-state index in [1.165, 1.54) is 13.2 Å². The molecule has 1 aromatic rings. The summed E-state index contributed by atoms with van der Waals surface area (Å²) in [6.45, 7) is 0. The number of sulfone groups is 1. The van der Waals surface area contributed by atoms with E-state index in [9.17, 15) is 13.2 Å². The lowest BCUT2D eigenvalue weighted by Gasteiger charge is -2.18. The number of amides is 1. The second-order valence-corrected chi connectivity index (χ2v) is 7.18. The highest BCUT2D eigenvalue weighted by atomic mass is 35.5. The molecule has 1 amide bonds. The first-order valence-electron chi connectivity index (χ1n) is 5.68. The second-order valence-electron chi connectivity index (χ2n) is 4.59. The normalized spacial score (nSPS) is 25.4. The van der Waals surface area contributed by atoms with Gasteiger partial charge in [-0.1, -0.05) is 11.6 Å². The van der Waals surface area contributed by atoms with E-state index in [1.54, 1.807) is 17.8 Å². The third kappa shape index (κ3) is 3.10. The Bertz CT molecular complexity index is 596. The maximum absolute atomic E-state index is 12.1. The van der Waals surface area contributed by atoms with E-state index in [-0.39, 0.29) is 17.4 Å². The number of ether oxygens (including phenoxy) is 1. The molecule has 0 radical (unpaired) electrons. The molecule has 0 unspecified atom stereocenters. The molecule has 2 atom stereocenters. The summed E-state index contributed by atoms with van der Waals surface area (Å²) in [4.78, 5) is 12.1. The van der Waals surface area contributed by atoms with E-state index in [0.29, 0.717) is 10.7 Å². The lowest BCUT2D eigenvalue weighted by molar-refractivity contribution is 0.0780. The van der Waals surface area contributed by atoms with Crippen LogP contribution in [0.25, 0.3) is 0 Å². The number of hydrogen-bond donors (Lipinski definition) is 1. The molecule has 1 aliphatic heterocycles. The van der Waals surface area contributed by atoms with Gasteiger partial charge in [0.15, 0.2) is 9.84 Å². The molecule has 8 heteroatoms. The molecule has 1 fully saturated rings. The van der Waals surface area contributed by atoms with Crippen LogP contribution >= 0.6 is 11.6 Å². The predicted molar refractivity (Wildman–Crippen MR) is 71.1 cm³/mol. The van der Waals surface area contributed by atoms with Gasteiger partial charge in [-0.2, -0.15) is 0 Å². The first-order chi connectivity index (χ1) is 8.82. The van der Waals surface area contributed by atoms with Gasteiger partial charge in [-0.05, 0) is 6.07 Å². The Hall–Kier alpha value is -1.05. The molecule has 0 aromatic carbocycles. The van der Waals surface area contributed by atoms with Gasteiger partial charge in [-0.3, -0.25) is 4.79 Å². The highest BCUT2D eigenvalue weighted by molar-refractivity contribution is 7.91. The number of aromatic nitrogens is 1. The van der Waals surface area contributed by atoms with E-state index >= 15 is 0 Å². The molecule has 2 rings (SSSR count). The van der Waals surface area contributed by atoms with Gasteiger partial charge in [-0.15, -0.1) is 0 Å². The molecule has 1 aromatic heterocycles. The van der Waals surface area contributed by atoms with Gasteiger partial charge in [-0.25, -0.2) is 8.42 Å². The van der Waals surface area contributed by atoms with E-state index in [1.807, 2.05) is 0 Å². The van der Waals surface area contributed by atoms with Crippen molar-refractivity contribution in [1.29, 1.82) is 0 Å². The SMILES string of the molecule is CO[C@H]1CS(=O)(=O)C[C@@H]1NC(=O)c1cc(Cl)cn1C. The monoisotopic (exact) mass is 306 g/mol. The van der Waals surface area contributed by atoms with E-state index in [4.69, 9.17) is 16.3 Å². The largest absolute Gasteiger partial charge is 0.378 e. The van der Waals surface area contributed by atoms with Crippen LogP contribution in [0.3, 0.4) is 0 Å². The van der Waals surface area contributed by atoms with E-state index < -0.39 is 22.0 Å². The van der Waals surface area contributed by atoms with Crippen molar-refractivity contribution in [1.82, 2.24) is 9.88 Å². The summed E-state index contributed by atoms with van der Waals surface area (Å²) in [6.07, 6.45) is 1.10. The van der Waals surface area contributed by atoms with Crippen LogP contribution in [0.1, 0.15) is 10.5 Å². The molecule has 0 spiro atoms. The summed E-state index contributed by atoms with van der Waals surface area (Å²) in [5.74, 6) is -0.531. The highest BCUT2D eigenvalue weighted by Crippen LogP contribution is 2.17. The number of aryl methyl sites for hydroxylation is 1. The average molecular weight is 307 g/mol. The van der Waals surface area contributed by atoms with Crippen molar-refractivity contribution in [2.45, 2.75) is 12.1 Å². The molecule has 2 heterocycles. The number of nitrogens with zero attached hydrogens (tertiary/aromatic N) is 1. The summed E-state index contributed by atoms with van der Waals surface area (Å²) < 4.78 is 29.8. The van der Waals surface area contributed by atoms with E-state index in [0.717, 1.165) is 0 Å². The zero-order chi connectivity index (χ0) is 14.2. The van der Waals surface area contributed by atoms with E-state index in [2.05, 4.69) is 5.32 Å². The number of rotatable bonds is 3. The summed E-state index contributed by atoms with van der Waals surface area (Å²) in [6, 6.07) is 0.999. The Balaban J connectivity index is 2.13. The first kappa shape index (κ1) is 14.4. The molecule has 106 valence electrons. The first-order valence-corrected chi connectivity index (χ1v) is 7.88. The molecule has 0 aliphatic carbocycles. The third-order valence-corrected chi connectivity index (χ3v) is 5.03. The Morgan fingerprint density at radius 1 is 1.53 bits per heavy atom. The van der Waals surface area contributed by atoms with Crippen LogP contribution in [-0.2, 0) is 21.6 Å². The van der Waals surface area contributed by atoms with Gasteiger partial charge in [0, 0.05) is 20.4 Å². The van der Waals surface area contributed by atoms with Crippen molar-refractivity contribution in [3.63, 3.8) is 0 Å². The van der Waals surface area contributed by atoms with Crippen LogP contribution in [0.5, 0.6) is 0 Å². The Labute approximate surface area is 116 Å². The van der Waals surface area contributed by atoms with Gasteiger partial charge < -0.3 is 14.6 Å². The van der Waals surface area contributed by atoms with Crippen molar-refractivity contribution in [3.8, 4) is 0 Å². The second kappa shape index (κ2) is 5.15. The standard InChI is InChI=1S/C11H15ClN2O4S/c1-14-4-7(12)3-9(14)11(15)13-8-5-19(16,17)6-10(8)18-2/h3-4,8,10H,5-6H2,1-2H3,(H,13,15)/t8-,10-/m0/s1. The van der Waals surface area contributed by atoms with Crippen LogP contribution in [0.2, 0.25) is 5.02 Å². The van der Waals surface area contributed by atoms with Gasteiger partial charge in [0.25, 0.3) is 5.91 Å². The van der Waals surface area contributed by atoms with Crippen LogP contribution < -0.4 is 5.32 Å². The Morgan fingerprint density at radius 3 is 2.74 bits per heavy atom. The fourth-order valence-corrected chi connectivity index (χ4v) is 4.27. The smallest absolute Gasteiger partial charge is 0.268 e. The van der Waals surface area contributed by atoms with Gasteiger partial charge in [0.1, 0.15) is 5.69 Å². The molecule has 0 bridgehead atoms. The highest BCUT2D eigenvalue weighted by Gasteiger charge is 2.39. The molecular formula is C11H15ClN2O4S. The van der Waals surface area contributed by atoms with Crippen molar-refractivity contribution in [2.24, 2.45) is 7.05 Å². The van der Waals surface area contributed by atoms with Crippen molar-refractivity contribution in [2.75, 3.05) is 18.6 Å². The van der Waals surface area contributed by atoms with Crippen molar-refractivity contribution in [3.05, 3.63) is 23.0 Å². The minimum Gasteiger partial charge on any atom is -0.378 e. The molecular weight excluding hydrogens is 292 g/mol. The molecule has 1 saturated heterocycles. The summed E-state index contributed by atoms with van der Waals surface area (Å²) in [7, 11) is -0.0330. The predicted octanol–water partition coefficient (Wildman–Crippen LogP) is 0.220. The number of carbonyl (C=O) groups is 1. The van der Waals surface area contributed by atoms with Gasteiger partial charge >= 0.3 is 0 Å². The topological polar surface area (TPSA) is 77.4 Å². The number of methoxy groups -OCH3 is 1. The Kier molecular flexibility index (Phi) is 3.89. The minimum absolute atomic E-state index is 0.0671. The third-order valence-electron chi connectivity index (χ3n) is 3.12. The summed E-state index contributed by atoms with van der Waals surface area (Å²) in [5, 5.41) is 3.14. The number of halogens is 1. The lowest BCUT2D eigenvalue weighted by atomic mass is 10.2. The maximum Gasteiger partial charge on any atom is 0.268 e. The zero-order valence-electron chi connectivity index (χ0n) is 10.6. The van der Waals surface area contributed by atoms with Crippen LogP contribution in [0, 0.1) is 0 Å². The van der Waals surface area contributed by atoms with Crippen LogP contribution in [0.15, 0.2) is 12.3 Å². The van der Waals surface area contributed by atoms with Crippen molar-refractivity contribution >= 4 is 27.3 Å². The summed E-state index contributed by atoms with van der Waals surface area (Å²) in [5.41, 5.74) is 0.379. The number of carbonyl (C=O) groups excluding carboxylic acids is 1. The van der Waals surface area contributed by atoms with Crippen LogP contribution in [-0.4, -0.2) is 49.7 Å². The van der Waals surface area contributed by atoms with Crippen molar-refractivity contribution < 1.29 is 17.9 Å².